The highest BCUT2D eigenvalue weighted by atomic mass is 16.5. The number of ether oxygens (including phenoxy) is 2. The molecule has 0 aliphatic heterocycles. The van der Waals surface area contributed by atoms with Gasteiger partial charge in [0.05, 0.1) is 14.2 Å². The van der Waals surface area contributed by atoms with Crippen molar-refractivity contribution in [3.05, 3.63) is 53.3 Å². The second-order valence-corrected chi connectivity index (χ2v) is 7.36. The van der Waals surface area contributed by atoms with Gasteiger partial charge in [0.25, 0.3) is 5.89 Å². The quantitative estimate of drug-likeness (QED) is 0.721. The average Bonchev–Trinajstić information content (AvgIpc) is 3.09. The summed E-state index contributed by atoms with van der Waals surface area (Å²) in [6.45, 7) is 6.13. The van der Waals surface area contributed by atoms with Crippen LogP contribution in [-0.4, -0.2) is 29.5 Å². The maximum Gasteiger partial charge on any atom is 0.257 e. The van der Waals surface area contributed by atoms with E-state index in [4.69, 9.17) is 14.0 Å². The average molecular weight is 368 g/mol. The summed E-state index contributed by atoms with van der Waals surface area (Å²) in [4.78, 5) is 4.50. The van der Waals surface area contributed by atoms with Gasteiger partial charge in [0, 0.05) is 17.5 Å². The summed E-state index contributed by atoms with van der Waals surface area (Å²) >= 11 is 0. The zero-order valence-corrected chi connectivity index (χ0v) is 16.2. The normalized spacial score (nSPS) is 11.4. The number of phenols is 1. The van der Waals surface area contributed by atoms with Crippen molar-refractivity contribution in [3.8, 4) is 28.7 Å². The van der Waals surface area contributed by atoms with Crippen LogP contribution < -0.4 is 9.47 Å². The van der Waals surface area contributed by atoms with E-state index in [2.05, 4.69) is 10.1 Å². The third-order valence-electron chi connectivity index (χ3n) is 4.33. The molecule has 0 aliphatic carbocycles. The zero-order valence-electron chi connectivity index (χ0n) is 16.2. The third-order valence-corrected chi connectivity index (χ3v) is 4.33. The fourth-order valence-electron chi connectivity index (χ4n) is 2.89. The van der Waals surface area contributed by atoms with Crippen molar-refractivity contribution in [2.75, 3.05) is 14.2 Å². The van der Waals surface area contributed by atoms with Crippen LogP contribution in [0.15, 0.2) is 40.9 Å². The first kappa shape index (κ1) is 18.8. The van der Waals surface area contributed by atoms with E-state index in [-0.39, 0.29) is 11.2 Å². The minimum Gasteiger partial charge on any atom is -0.508 e. The van der Waals surface area contributed by atoms with Crippen molar-refractivity contribution >= 4 is 0 Å². The van der Waals surface area contributed by atoms with Crippen LogP contribution in [0.2, 0.25) is 0 Å². The molecule has 0 bridgehead atoms. The smallest absolute Gasteiger partial charge is 0.257 e. The molecule has 3 rings (SSSR count). The highest BCUT2D eigenvalue weighted by Crippen LogP contribution is 2.34. The Morgan fingerprint density at radius 3 is 2.41 bits per heavy atom. The Bertz CT molecular complexity index is 942. The van der Waals surface area contributed by atoms with Gasteiger partial charge in [-0.25, -0.2) is 0 Å². The molecule has 0 radical (unpaired) electrons. The molecule has 142 valence electrons. The van der Waals surface area contributed by atoms with Crippen LogP contribution >= 0.6 is 0 Å². The molecule has 0 amide bonds. The van der Waals surface area contributed by atoms with E-state index in [0.717, 1.165) is 16.7 Å². The van der Waals surface area contributed by atoms with E-state index in [9.17, 15) is 5.11 Å². The van der Waals surface area contributed by atoms with Gasteiger partial charge in [-0.05, 0) is 41.3 Å². The van der Waals surface area contributed by atoms with Gasteiger partial charge in [-0.1, -0.05) is 32.0 Å². The lowest BCUT2D eigenvalue weighted by Gasteiger charge is -2.20. The summed E-state index contributed by atoms with van der Waals surface area (Å²) in [7, 11) is 3.21. The number of hydrogen-bond donors (Lipinski definition) is 1. The van der Waals surface area contributed by atoms with Crippen LogP contribution in [0.4, 0.5) is 0 Å². The van der Waals surface area contributed by atoms with Gasteiger partial charge in [0.1, 0.15) is 5.75 Å². The number of nitrogens with zero attached hydrogens (tertiary/aromatic N) is 2. The first-order valence-electron chi connectivity index (χ1n) is 8.69. The fourth-order valence-corrected chi connectivity index (χ4v) is 2.89. The van der Waals surface area contributed by atoms with Crippen LogP contribution in [0.1, 0.15) is 37.7 Å². The lowest BCUT2D eigenvalue weighted by molar-refractivity contribution is 0.354. The number of benzene rings is 2. The standard InChI is InChI=1S/C21H24N2O4/c1-21(2,3)15-12-14(7-8-16(15)24)20-22-19(23-27-20)11-13-6-9-17(25-4)18(10-13)26-5/h6-10,12,24H,11H2,1-5H3. The molecule has 0 saturated heterocycles. The van der Waals surface area contributed by atoms with Crippen molar-refractivity contribution < 1.29 is 19.1 Å². The van der Waals surface area contributed by atoms with E-state index in [0.29, 0.717) is 29.6 Å². The Morgan fingerprint density at radius 1 is 1.00 bits per heavy atom. The summed E-state index contributed by atoms with van der Waals surface area (Å²) in [5.41, 5.74) is 2.41. The first-order chi connectivity index (χ1) is 12.8. The van der Waals surface area contributed by atoms with Gasteiger partial charge in [-0.15, -0.1) is 0 Å². The number of hydrogen-bond acceptors (Lipinski definition) is 6. The van der Waals surface area contributed by atoms with Crippen LogP contribution in [0.3, 0.4) is 0 Å². The van der Waals surface area contributed by atoms with Crippen LogP contribution in [0, 0.1) is 0 Å². The monoisotopic (exact) mass is 368 g/mol. The molecule has 0 fully saturated rings. The number of methoxy groups -OCH3 is 2. The van der Waals surface area contributed by atoms with Gasteiger partial charge in [-0.2, -0.15) is 4.98 Å². The van der Waals surface area contributed by atoms with Gasteiger partial charge in [0.2, 0.25) is 0 Å². The van der Waals surface area contributed by atoms with Gasteiger partial charge in [-0.3, -0.25) is 0 Å². The molecule has 1 N–H and O–H groups in total. The van der Waals surface area contributed by atoms with E-state index in [1.165, 1.54) is 0 Å². The number of aromatic hydroxyl groups is 1. The molecule has 0 spiro atoms. The van der Waals surface area contributed by atoms with E-state index in [1.807, 2.05) is 45.0 Å². The fraction of sp³-hybridized carbons (Fsp3) is 0.333. The van der Waals surface area contributed by atoms with E-state index >= 15 is 0 Å². The summed E-state index contributed by atoms with van der Waals surface area (Å²) in [5, 5.41) is 14.2. The van der Waals surface area contributed by atoms with Crippen LogP contribution in [-0.2, 0) is 11.8 Å². The number of aromatic nitrogens is 2. The molecule has 0 atom stereocenters. The third kappa shape index (κ3) is 4.05. The van der Waals surface area contributed by atoms with Crippen LogP contribution in [0.5, 0.6) is 17.2 Å². The second-order valence-electron chi connectivity index (χ2n) is 7.36. The lowest BCUT2D eigenvalue weighted by Crippen LogP contribution is -2.11. The Morgan fingerprint density at radius 2 is 1.74 bits per heavy atom. The Balaban J connectivity index is 1.86. The SMILES string of the molecule is COc1ccc(Cc2noc(-c3ccc(O)c(C(C)(C)C)c3)n2)cc1OC. The highest BCUT2D eigenvalue weighted by molar-refractivity contribution is 5.58. The molecule has 0 saturated carbocycles. The summed E-state index contributed by atoms with van der Waals surface area (Å²) in [6.07, 6.45) is 0.508. The van der Waals surface area contributed by atoms with E-state index < -0.39 is 0 Å². The predicted molar refractivity (Wildman–Crippen MR) is 102 cm³/mol. The predicted octanol–water partition coefficient (Wildman–Crippen LogP) is 4.35. The number of rotatable bonds is 5. The Labute approximate surface area is 158 Å². The Hall–Kier alpha value is -3.02. The molecular formula is C21H24N2O4. The summed E-state index contributed by atoms with van der Waals surface area (Å²) in [5.74, 6) is 2.59. The largest absolute Gasteiger partial charge is 0.508 e. The molecule has 0 aliphatic rings. The maximum atomic E-state index is 10.1. The molecule has 1 aromatic heterocycles. The number of phenolic OH excluding ortho intramolecular Hbond substituents is 1. The van der Waals surface area contributed by atoms with Gasteiger partial charge in [0.15, 0.2) is 17.3 Å². The summed E-state index contributed by atoms with van der Waals surface area (Å²) in [6, 6.07) is 11.0. The van der Waals surface area contributed by atoms with Crippen LogP contribution in [0.25, 0.3) is 11.5 Å². The van der Waals surface area contributed by atoms with Crippen molar-refractivity contribution in [2.24, 2.45) is 0 Å². The molecular weight excluding hydrogens is 344 g/mol. The van der Waals surface area contributed by atoms with E-state index in [1.54, 1.807) is 26.4 Å². The minimum absolute atomic E-state index is 0.192. The van der Waals surface area contributed by atoms with Crippen molar-refractivity contribution in [3.63, 3.8) is 0 Å². The second kappa shape index (κ2) is 7.31. The molecule has 3 aromatic rings. The summed E-state index contributed by atoms with van der Waals surface area (Å²) < 4.78 is 16.0. The highest BCUT2D eigenvalue weighted by Gasteiger charge is 2.20. The molecule has 6 heteroatoms. The van der Waals surface area contributed by atoms with Crippen molar-refractivity contribution in [1.29, 1.82) is 0 Å². The van der Waals surface area contributed by atoms with Gasteiger partial charge < -0.3 is 19.1 Å². The molecule has 6 nitrogen and oxygen atoms in total. The topological polar surface area (TPSA) is 77.6 Å². The molecule has 1 heterocycles. The molecule has 0 unspecified atom stereocenters. The molecule has 2 aromatic carbocycles. The first-order valence-corrected chi connectivity index (χ1v) is 8.69. The van der Waals surface area contributed by atoms with Crippen molar-refractivity contribution in [1.82, 2.24) is 10.1 Å². The zero-order chi connectivity index (χ0) is 19.6. The maximum absolute atomic E-state index is 10.1. The van der Waals surface area contributed by atoms with Crippen molar-refractivity contribution in [2.45, 2.75) is 32.6 Å². The van der Waals surface area contributed by atoms with Gasteiger partial charge >= 0.3 is 0 Å². The molecule has 27 heavy (non-hydrogen) atoms. The Kier molecular flexibility index (Phi) is 5.08. The lowest BCUT2D eigenvalue weighted by atomic mass is 9.85. The minimum atomic E-state index is -0.192.